The third kappa shape index (κ3) is 3.94. The molecule has 0 spiro atoms. The van der Waals surface area contributed by atoms with Gasteiger partial charge >= 0.3 is 17.3 Å². The van der Waals surface area contributed by atoms with Crippen LogP contribution >= 0.6 is 0 Å². The molecule has 1 heterocycles. The lowest BCUT2D eigenvalue weighted by Crippen LogP contribution is -2.47. The van der Waals surface area contributed by atoms with Gasteiger partial charge in [-0.15, -0.1) is 3.89 Å². The van der Waals surface area contributed by atoms with Gasteiger partial charge in [-0.1, -0.05) is 0 Å². The first-order valence-electron chi connectivity index (χ1n) is 6.50. The lowest BCUT2D eigenvalue weighted by Gasteiger charge is -2.33. The fourth-order valence-corrected chi connectivity index (χ4v) is 2.74. The van der Waals surface area contributed by atoms with Crippen LogP contribution in [0.1, 0.15) is 12.8 Å². The average Bonchev–Trinajstić information content (AvgIpc) is 2.38. The Morgan fingerprint density at radius 3 is 2.60 bits per heavy atom. The Hall–Kier alpha value is -1.12. The highest BCUT2D eigenvalue weighted by Crippen LogP contribution is 2.21. The van der Waals surface area contributed by atoms with Crippen molar-refractivity contribution < 1.29 is 22.1 Å². The van der Waals surface area contributed by atoms with E-state index in [-0.39, 0.29) is 11.0 Å². The second-order valence-corrected chi connectivity index (χ2v) is 6.27. The smallest absolute Gasteiger partial charge is 0.376 e. The summed E-state index contributed by atoms with van der Waals surface area (Å²) in [5.41, 5.74) is 0. The van der Waals surface area contributed by atoms with Crippen molar-refractivity contribution in [3.8, 4) is 5.75 Å². The fourth-order valence-electron chi connectivity index (χ4n) is 2.27. The monoisotopic (exact) mass is 301 g/mol. The molecule has 0 aliphatic carbocycles. The molecule has 1 N–H and O–H groups in total. The van der Waals surface area contributed by atoms with Gasteiger partial charge in [0, 0.05) is 6.54 Å². The summed E-state index contributed by atoms with van der Waals surface area (Å²) >= 11 is 0. The van der Waals surface area contributed by atoms with Crippen molar-refractivity contribution in [1.82, 2.24) is 4.81 Å². The first kappa shape index (κ1) is 15.3. The Labute approximate surface area is 118 Å². The number of hydrogen-bond acceptors (Lipinski definition) is 5. The number of rotatable bonds is 4. The zero-order valence-corrected chi connectivity index (χ0v) is 12.0. The van der Waals surface area contributed by atoms with E-state index in [0.29, 0.717) is 12.3 Å². The molecule has 1 fully saturated rings. The molecule has 1 atom stereocenters. The average molecular weight is 301 g/mol. The Balaban J connectivity index is 2.00. The summed E-state index contributed by atoms with van der Waals surface area (Å²) in [6, 6.07) is 5.24. The van der Waals surface area contributed by atoms with Crippen LogP contribution in [-0.2, 0) is 10.2 Å². The van der Waals surface area contributed by atoms with Crippen LogP contribution < -0.4 is 4.74 Å². The number of halogens is 1. The van der Waals surface area contributed by atoms with Crippen LogP contribution in [0.3, 0.4) is 0 Å². The topological polar surface area (TPSA) is 66.8 Å². The van der Waals surface area contributed by atoms with Crippen molar-refractivity contribution >= 4 is 17.3 Å². The molecule has 1 aromatic rings. The summed E-state index contributed by atoms with van der Waals surface area (Å²) in [7, 11) is -5.18. The highest BCUT2D eigenvalue weighted by Gasteiger charge is 2.26. The molecule has 0 amide bonds. The molecule has 5 nitrogen and oxygen atoms in total. The molecule has 0 saturated carbocycles. The molecule has 1 aliphatic heterocycles. The van der Waals surface area contributed by atoms with Gasteiger partial charge in [0.2, 0.25) is 0 Å². The molecule has 8 heteroatoms. The van der Waals surface area contributed by atoms with Gasteiger partial charge in [-0.2, -0.15) is 8.42 Å². The molecular weight excluding hydrogens is 284 g/mol. The molecule has 0 bridgehead atoms. The molecule has 1 aliphatic rings. The van der Waals surface area contributed by atoms with Crippen LogP contribution in [0.4, 0.5) is 3.89 Å². The summed E-state index contributed by atoms with van der Waals surface area (Å²) in [6.07, 6.45) is 1.73. The Morgan fingerprint density at radius 1 is 1.40 bits per heavy atom. The standard InChI is InChI=1S/C12H17BFNO4S/c1-13(16)15-8-2-3-11(9-15)19-10-4-6-12(7-5-10)20(14,17)18/h4-7,11,16H,2-3,8-9H2,1H3/t11-/m1/s1. The lowest BCUT2D eigenvalue weighted by atomic mass is 9.82. The minimum Gasteiger partial charge on any atom is -0.489 e. The number of nitrogens with zero attached hydrogens (tertiary/aromatic N) is 1. The van der Waals surface area contributed by atoms with Crippen molar-refractivity contribution in [3.05, 3.63) is 24.3 Å². The van der Waals surface area contributed by atoms with Crippen molar-refractivity contribution in [2.24, 2.45) is 0 Å². The Kier molecular flexibility index (Phi) is 4.67. The molecule has 0 aromatic heterocycles. The van der Waals surface area contributed by atoms with Crippen LogP contribution in [0, 0.1) is 0 Å². The SMILES string of the molecule is CB(O)N1CCC[C@@H](Oc2ccc(S(=O)(=O)F)cc2)C1. The maximum Gasteiger partial charge on any atom is 0.376 e. The van der Waals surface area contributed by atoms with E-state index in [2.05, 4.69) is 0 Å². The normalized spacial score (nSPS) is 20.6. The van der Waals surface area contributed by atoms with Crippen LogP contribution in [0.15, 0.2) is 29.2 Å². The molecular formula is C12H17BFNO4S. The van der Waals surface area contributed by atoms with Gasteiger partial charge < -0.3 is 14.6 Å². The van der Waals surface area contributed by atoms with E-state index in [1.165, 1.54) is 24.3 Å². The fraction of sp³-hybridized carbons (Fsp3) is 0.500. The summed E-state index contributed by atoms with van der Waals surface area (Å²) in [4.78, 5) is 1.54. The van der Waals surface area contributed by atoms with Gasteiger partial charge in [0.25, 0.3) is 0 Å². The van der Waals surface area contributed by atoms with Gasteiger partial charge in [0.1, 0.15) is 11.9 Å². The first-order valence-corrected chi connectivity index (χ1v) is 7.88. The highest BCUT2D eigenvalue weighted by atomic mass is 32.3. The van der Waals surface area contributed by atoms with Gasteiger partial charge in [0.15, 0.2) is 0 Å². The molecule has 2 rings (SSSR count). The molecule has 20 heavy (non-hydrogen) atoms. The first-order chi connectivity index (χ1) is 9.36. The molecule has 110 valence electrons. The van der Waals surface area contributed by atoms with Gasteiger partial charge in [0.05, 0.1) is 4.90 Å². The number of benzene rings is 1. The van der Waals surface area contributed by atoms with E-state index in [9.17, 15) is 17.3 Å². The largest absolute Gasteiger partial charge is 0.489 e. The maximum absolute atomic E-state index is 12.7. The van der Waals surface area contributed by atoms with E-state index >= 15 is 0 Å². The van der Waals surface area contributed by atoms with Crippen LogP contribution in [0.2, 0.25) is 6.82 Å². The summed E-state index contributed by atoms with van der Waals surface area (Å²) in [5, 5.41) is 9.55. The second-order valence-electron chi connectivity index (χ2n) is 4.92. The van der Waals surface area contributed by atoms with Gasteiger partial charge in [-0.3, -0.25) is 0 Å². The van der Waals surface area contributed by atoms with Crippen LogP contribution in [-0.4, -0.2) is 44.5 Å². The summed E-state index contributed by atoms with van der Waals surface area (Å²) in [5.74, 6) is 0.495. The third-order valence-electron chi connectivity index (χ3n) is 3.35. The minimum absolute atomic E-state index is 0.0637. The minimum atomic E-state index is -4.67. The summed E-state index contributed by atoms with van der Waals surface area (Å²) < 4.78 is 39.9. The van der Waals surface area contributed by atoms with Crippen LogP contribution in [0.25, 0.3) is 0 Å². The Bertz CT molecular complexity index is 549. The maximum atomic E-state index is 12.7. The highest BCUT2D eigenvalue weighted by molar-refractivity contribution is 7.86. The molecule has 1 saturated heterocycles. The molecule has 1 aromatic carbocycles. The van der Waals surface area contributed by atoms with Crippen molar-refractivity contribution in [1.29, 1.82) is 0 Å². The van der Waals surface area contributed by atoms with E-state index in [1.54, 1.807) is 6.82 Å². The second kappa shape index (κ2) is 6.11. The van der Waals surface area contributed by atoms with E-state index in [0.717, 1.165) is 19.4 Å². The van der Waals surface area contributed by atoms with Crippen LogP contribution in [0.5, 0.6) is 5.75 Å². The zero-order chi connectivity index (χ0) is 14.8. The van der Waals surface area contributed by atoms with E-state index in [4.69, 9.17) is 4.74 Å². The van der Waals surface area contributed by atoms with Crippen molar-refractivity contribution in [2.75, 3.05) is 13.1 Å². The van der Waals surface area contributed by atoms with Gasteiger partial charge in [-0.05, 0) is 50.5 Å². The van der Waals surface area contributed by atoms with E-state index < -0.39 is 17.3 Å². The lowest BCUT2D eigenvalue weighted by molar-refractivity contribution is 0.121. The Morgan fingerprint density at radius 2 is 2.05 bits per heavy atom. The summed E-state index contributed by atoms with van der Waals surface area (Å²) in [6.45, 7) is 3.15. The third-order valence-corrected chi connectivity index (χ3v) is 4.18. The predicted molar refractivity (Wildman–Crippen MR) is 73.8 cm³/mol. The van der Waals surface area contributed by atoms with Crippen molar-refractivity contribution in [3.63, 3.8) is 0 Å². The number of piperidine rings is 1. The van der Waals surface area contributed by atoms with E-state index in [1.807, 2.05) is 4.81 Å². The quantitative estimate of drug-likeness (QED) is 0.670. The predicted octanol–water partition coefficient (Wildman–Crippen LogP) is 1.30. The molecule has 0 radical (unpaired) electrons. The van der Waals surface area contributed by atoms with Crippen molar-refractivity contribution in [2.45, 2.75) is 30.7 Å². The zero-order valence-electron chi connectivity index (χ0n) is 11.2. The van der Waals surface area contributed by atoms with Gasteiger partial charge in [-0.25, -0.2) is 0 Å². The number of ether oxygens (including phenoxy) is 1. The number of hydrogen-bond donors (Lipinski definition) is 1. The molecule has 0 unspecified atom stereocenters.